The molecule has 144 valence electrons. The van der Waals surface area contributed by atoms with Gasteiger partial charge < -0.3 is 19.5 Å². The zero-order valence-corrected chi connectivity index (χ0v) is 15.6. The van der Waals surface area contributed by atoms with Crippen molar-refractivity contribution in [3.63, 3.8) is 0 Å². The molecule has 0 unspecified atom stereocenters. The van der Waals surface area contributed by atoms with Crippen molar-refractivity contribution in [3.05, 3.63) is 23.6 Å². The molecule has 1 amide bonds. The van der Waals surface area contributed by atoms with Gasteiger partial charge in [-0.05, 0) is 45.6 Å². The van der Waals surface area contributed by atoms with Gasteiger partial charge in [0.05, 0.1) is 6.20 Å². The van der Waals surface area contributed by atoms with Crippen molar-refractivity contribution in [2.24, 2.45) is 0 Å². The van der Waals surface area contributed by atoms with E-state index in [9.17, 15) is 9.18 Å². The highest BCUT2D eigenvalue weighted by molar-refractivity contribution is 5.68. The summed E-state index contributed by atoms with van der Waals surface area (Å²) in [4.78, 5) is 15.9. The van der Waals surface area contributed by atoms with Crippen LogP contribution < -0.4 is 10.1 Å². The Morgan fingerprint density at radius 1 is 1.27 bits per heavy atom. The molecule has 3 rings (SSSR count). The molecular formula is C19H27FN2O4. The highest BCUT2D eigenvalue weighted by atomic mass is 19.1. The van der Waals surface area contributed by atoms with Gasteiger partial charge >= 0.3 is 6.09 Å². The van der Waals surface area contributed by atoms with Gasteiger partial charge in [0.15, 0.2) is 0 Å². The number of alkyl carbamates (subject to hydrolysis) is 1. The molecule has 6 nitrogen and oxygen atoms in total. The van der Waals surface area contributed by atoms with E-state index >= 15 is 0 Å². The van der Waals surface area contributed by atoms with Gasteiger partial charge in [0.1, 0.15) is 18.0 Å². The molecule has 0 bridgehead atoms. The molecule has 1 N–H and O–H groups in total. The zero-order chi connectivity index (χ0) is 18.7. The molecule has 0 radical (unpaired) electrons. The Bertz CT molecular complexity index is 635. The molecule has 1 aromatic rings. The summed E-state index contributed by atoms with van der Waals surface area (Å²) in [5.74, 6) is 0.333. The first-order chi connectivity index (χ1) is 12.3. The molecule has 1 aliphatic carbocycles. The van der Waals surface area contributed by atoms with Gasteiger partial charge in [-0.3, -0.25) is 0 Å². The third-order valence-corrected chi connectivity index (χ3v) is 4.59. The van der Waals surface area contributed by atoms with Crippen LogP contribution in [0.5, 0.6) is 5.88 Å². The molecular weight excluding hydrogens is 339 g/mol. The summed E-state index contributed by atoms with van der Waals surface area (Å²) in [7, 11) is 0. The molecule has 1 saturated carbocycles. The van der Waals surface area contributed by atoms with Crippen LogP contribution in [-0.4, -0.2) is 42.0 Å². The Balaban J connectivity index is 1.53. The first-order valence-corrected chi connectivity index (χ1v) is 9.19. The Labute approximate surface area is 153 Å². The summed E-state index contributed by atoms with van der Waals surface area (Å²) < 4.78 is 30.4. The summed E-state index contributed by atoms with van der Waals surface area (Å²) in [5, 5.41) is 2.77. The van der Waals surface area contributed by atoms with E-state index in [-0.39, 0.29) is 29.5 Å². The van der Waals surface area contributed by atoms with Crippen LogP contribution in [0.25, 0.3) is 0 Å². The quantitative estimate of drug-likeness (QED) is 0.882. The van der Waals surface area contributed by atoms with Crippen molar-refractivity contribution < 1.29 is 23.4 Å². The van der Waals surface area contributed by atoms with E-state index in [1.165, 1.54) is 12.3 Å². The van der Waals surface area contributed by atoms with Gasteiger partial charge in [0, 0.05) is 37.2 Å². The standard InChI is InChI=1S/C19H27FN2O4/c1-19(2,3)22-18(23)26-15-9-14(10-15)25-17-16(8-13(20)11-21-17)12-4-6-24-7-5-12/h8,11-12,14-15H,4-7,9-10H2,1-3H3,(H,22,23). The highest BCUT2D eigenvalue weighted by Crippen LogP contribution is 2.35. The SMILES string of the molecule is CC(C)(C)NC(=O)OC1CC(Oc2ncc(F)cc2C2CCOCC2)C1. The van der Waals surface area contributed by atoms with Crippen LogP contribution in [-0.2, 0) is 9.47 Å². The van der Waals surface area contributed by atoms with Gasteiger partial charge in [-0.25, -0.2) is 14.2 Å². The maximum atomic E-state index is 13.7. The number of hydrogen-bond acceptors (Lipinski definition) is 5. The van der Waals surface area contributed by atoms with E-state index in [2.05, 4.69) is 10.3 Å². The molecule has 26 heavy (non-hydrogen) atoms. The maximum absolute atomic E-state index is 13.7. The Kier molecular flexibility index (Phi) is 5.65. The number of nitrogens with one attached hydrogen (secondary N) is 1. The molecule has 7 heteroatoms. The number of hydrogen-bond donors (Lipinski definition) is 1. The molecule has 2 aliphatic rings. The van der Waals surface area contributed by atoms with Crippen molar-refractivity contribution >= 4 is 6.09 Å². The third-order valence-electron chi connectivity index (χ3n) is 4.59. The van der Waals surface area contributed by atoms with Crippen molar-refractivity contribution in [1.82, 2.24) is 10.3 Å². The van der Waals surface area contributed by atoms with Gasteiger partial charge in [0.25, 0.3) is 0 Å². The number of rotatable bonds is 4. The molecule has 1 saturated heterocycles. The molecule has 0 spiro atoms. The summed E-state index contributed by atoms with van der Waals surface area (Å²) in [6.45, 7) is 7.04. The van der Waals surface area contributed by atoms with Crippen LogP contribution in [0.3, 0.4) is 0 Å². The van der Waals surface area contributed by atoms with E-state index in [1.54, 1.807) is 0 Å². The van der Waals surface area contributed by atoms with Gasteiger partial charge in [-0.1, -0.05) is 0 Å². The second-order valence-electron chi connectivity index (χ2n) is 8.05. The molecule has 1 aliphatic heterocycles. The molecule has 0 atom stereocenters. The lowest BCUT2D eigenvalue weighted by atomic mass is 9.90. The minimum absolute atomic E-state index is 0.0704. The maximum Gasteiger partial charge on any atom is 0.407 e. The van der Waals surface area contributed by atoms with Crippen molar-refractivity contribution in [2.75, 3.05) is 13.2 Å². The highest BCUT2D eigenvalue weighted by Gasteiger charge is 2.35. The fourth-order valence-corrected chi connectivity index (χ4v) is 3.20. The summed E-state index contributed by atoms with van der Waals surface area (Å²) >= 11 is 0. The number of carbonyl (C=O) groups is 1. The van der Waals surface area contributed by atoms with E-state index in [1.807, 2.05) is 20.8 Å². The number of halogens is 1. The van der Waals surface area contributed by atoms with Gasteiger partial charge in [-0.15, -0.1) is 0 Å². The van der Waals surface area contributed by atoms with Crippen LogP contribution >= 0.6 is 0 Å². The second-order valence-corrected chi connectivity index (χ2v) is 8.05. The average Bonchev–Trinajstić information content (AvgIpc) is 2.53. The monoisotopic (exact) mass is 366 g/mol. The normalized spacial score (nSPS) is 23.8. The number of pyridine rings is 1. The third kappa shape index (κ3) is 5.06. The van der Waals surface area contributed by atoms with Crippen LogP contribution in [0, 0.1) is 5.82 Å². The van der Waals surface area contributed by atoms with Crippen molar-refractivity contribution in [2.45, 2.75) is 70.1 Å². The Morgan fingerprint density at radius 3 is 2.62 bits per heavy atom. The van der Waals surface area contributed by atoms with E-state index < -0.39 is 6.09 Å². The number of ether oxygens (including phenoxy) is 3. The predicted octanol–water partition coefficient (Wildman–Crippen LogP) is 3.55. The average molecular weight is 366 g/mol. The van der Waals surface area contributed by atoms with Crippen molar-refractivity contribution in [3.8, 4) is 5.88 Å². The van der Waals surface area contributed by atoms with Crippen molar-refractivity contribution in [1.29, 1.82) is 0 Å². The number of aromatic nitrogens is 1. The fourth-order valence-electron chi connectivity index (χ4n) is 3.20. The summed E-state index contributed by atoms with van der Waals surface area (Å²) in [6, 6.07) is 1.52. The first kappa shape index (κ1) is 18.9. The lowest BCUT2D eigenvalue weighted by molar-refractivity contribution is -0.0267. The Hall–Kier alpha value is -1.89. The summed E-state index contributed by atoms with van der Waals surface area (Å²) in [6.07, 6.45) is 3.45. The molecule has 0 aromatic carbocycles. The van der Waals surface area contributed by atoms with Gasteiger partial charge in [0.2, 0.25) is 5.88 Å². The smallest absolute Gasteiger partial charge is 0.407 e. The fraction of sp³-hybridized carbons (Fsp3) is 0.684. The first-order valence-electron chi connectivity index (χ1n) is 9.19. The number of carbonyl (C=O) groups excluding carboxylic acids is 1. The van der Waals surface area contributed by atoms with E-state index in [4.69, 9.17) is 14.2 Å². The molecule has 2 heterocycles. The van der Waals surface area contributed by atoms with Crippen LogP contribution in [0.15, 0.2) is 12.3 Å². The largest absolute Gasteiger partial charge is 0.474 e. The summed E-state index contributed by atoms with van der Waals surface area (Å²) in [5.41, 5.74) is 0.482. The minimum atomic E-state index is -0.413. The lowest BCUT2D eigenvalue weighted by Crippen LogP contribution is -2.46. The molecule has 2 fully saturated rings. The predicted molar refractivity (Wildman–Crippen MR) is 93.8 cm³/mol. The molecule has 1 aromatic heterocycles. The number of nitrogens with zero attached hydrogens (tertiary/aromatic N) is 1. The lowest BCUT2D eigenvalue weighted by Gasteiger charge is -2.35. The minimum Gasteiger partial charge on any atom is -0.474 e. The van der Waals surface area contributed by atoms with Crippen LogP contribution in [0.4, 0.5) is 9.18 Å². The Morgan fingerprint density at radius 2 is 1.96 bits per heavy atom. The van der Waals surface area contributed by atoms with Crippen LogP contribution in [0.1, 0.15) is 57.9 Å². The van der Waals surface area contributed by atoms with E-state index in [0.717, 1.165) is 18.4 Å². The number of amides is 1. The van der Waals surface area contributed by atoms with Crippen LogP contribution in [0.2, 0.25) is 0 Å². The zero-order valence-electron chi connectivity index (χ0n) is 15.6. The topological polar surface area (TPSA) is 69.7 Å². The van der Waals surface area contributed by atoms with Gasteiger partial charge in [-0.2, -0.15) is 0 Å². The second kappa shape index (κ2) is 7.78. The van der Waals surface area contributed by atoms with E-state index in [0.29, 0.717) is 31.9 Å².